The van der Waals surface area contributed by atoms with Gasteiger partial charge in [0, 0.05) is 19.7 Å². The van der Waals surface area contributed by atoms with Gasteiger partial charge in [-0.3, -0.25) is 9.59 Å². The second-order valence-electron chi connectivity index (χ2n) is 6.82. The molecule has 2 aromatic rings. The monoisotopic (exact) mass is 374 g/mol. The topological polar surface area (TPSA) is 66.0 Å². The van der Waals surface area contributed by atoms with E-state index in [0.29, 0.717) is 5.92 Å². The molecule has 3 N–H and O–H groups in total. The number of hydrogen-bond donors (Lipinski definition) is 2. The molecule has 1 aromatic carbocycles. The van der Waals surface area contributed by atoms with E-state index in [-0.39, 0.29) is 30.9 Å². The van der Waals surface area contributed by atoms with E-state index in [0.717, 1.165) is 0 Å². The zero-order valence-corrected chi connectivity index (χ0v) is 16.7. The second kappa shape index (κ2) is 9.50. The van der Waals surface area contributed by atoms with Crippen molar-refractivity contribution in [1.82, 2.24) is 10.2 Å². The van der Waals surface area contributed by atoms with Gasteiger partial charge in [-0.2, -0.15) is 0 Å². The highest BCUT2D eigenvalue weighted by Gasteiger charge is 2.20. The summed E-state index contributed by atoms with van der Waals surface area (Å²) >= 11 is 1.69. The average molecular weight is 375 g/mol. The molecule has 0 radical (unpaired) electrons. The van der Waals surface area contributed by atoms with Crippen molar-refractivity contribution < 1.29 is 14.9 Å². The summed E-state index contributed by atoms with van der Waals surface area (Å²) in [5, 5.41) is 6.75. The Morgan fingerprint density at radius 3 is 2.31 bits per heavy atom. The molecular weight excluding hydrogens is 346 g/mol. The van der Waals surface area contributed by atoms with Crippen LogP contribution in [0, 0.1) is 0 Å². The van der Waals surface area contributed by atoms with Gasteiger partial charge < -0.3 is 15.5 Å². The van der Waals surface area contributed by atoms with E-state index >= 15 is 0 Å². The molecule has 0 unspecified atom stereocenters. The zero-order chi connectivity index (χ0) is 19.1. The van der Waals surface area contributed by atoms with Crippen LogP contribution in [0.1, 0.15) is 41.8 Å². The smallest absolute Gasteiger partial charge is 0.275 e. The molecular formula is C20H28N3O2S+. The Bertz CT molecular complexity index is 709. The molecule has 0 saturated carbocycles. The van der Waals surface area contributed by atoms with Crippen LogP contribution in [-0.4, -0.2) is 43.9 Å². The molecule has 2 amide bonds. The van der Waals surface area contributed by atoms with Crippen LogP contribution in [0.4, 0.5) is 0 Å². The molecule has 0 fully saturated rings. The maximum atomic E-state index is 12.1. The molecule has 0 spiro atoms. The Labute approximate surface area is 159 Å². The van der Waals surface area contributed by atoms with Crippen molar-refractivity contribution >= 4 is 23.2 Å². The van der Waals surface area contributed by atoms with E-state index in [1.165, 1.54) is 20.9 Å². The SMILES string of the molecule is CC(C)c1ccc([C@H]([NH2+]CC(=O)NCC(=O)N(C)C)c2cccs2)cc1. The number of thiophene rings is 1. The fourth-order valence-electron chi connectivity index (χ4n) is 2.60. The van der Waals surface area contributed by atoms with Crippen molar-refractivity contribution in [3.63, 3.8) is 0 Å². The quantitative estimate of drug-likeness (QED) is 0.739. The van der Waals surface area contributed by atoms with Crippen LogP contribution in [-0.2, 0) is 9.59 Å². The number of quaternary nitrogens is 1. The summed E-state index contributed by atoms with van der Waals surface area (Å²) in [6.45, 7) is 4.66. The van der Waals surface area contributed by atoms with Gasteiger partial charge in [-0.1, -0.05) is 44.2 Å². The van der Waals surface area contributed by atoms with Crippen LogP contribution < -0.4 is 10.6 Å². The summed E-state index contributed by atoms with van der Waals surface area (Å²) in [7, 11) is 3.35. The minimum absolute atomic E-state index is 0.0342. The van der Waals surface area contributed by atoms with E-state index in [4.69, 9.17) is 0 Å². The van der Waals surface area contributed by atoms with Gasteiger partial charge >= 0.3 is 0 Å². The number of amides is 2. The molecule has 26 heavy (non-hydrogen) atoms. The lowest BCUT2D eigenvalue weighted by atomic mass is 9.98. The van der Waals surface area contributed by atoms with Crippen molar-refractivity contribution in [2.24, 2.45) is 0 Å². The fourth-order valence-corrected chi connectivity index (χ4v) is 3.45. The predicted octanol–water partition coefficient (Wildman–Crippen LogP) is 1.73. The van der Waals surface area contributed by atoms with E-state index in [2.05, 4.69) is 54.9 Å². The number of carbonyl (C=O) groups excluding carboxylic acids is 2. The number of nitrogens with one attached hydrogen (secondary N) is 1. The van der Waals surface area contributed by atoms with Crippen LogP contribution >= 0.6 is 11.3 Å². The van der Waals surface area contributed by atoms with E-state index < -0.39 is 0 Å². The van der Waals surface area contributed by atoms with Crippen LogP contribution in [0.5, 0.6) is 0 Å². The number of benzene rings is 1. The highest BCUT2D eigenvalue weighted by molar-refractivity contribution is 7.10. The molecule has 0 aliphatic rings. The number of rotatable bonds is 8. The maximum absolute atomic E-state index is 12.1. The molecule has 1 atom stereocenters. The molecule has 0 bridgehead atoms. The third-order valence-corrected chi connectivity index (χ3v) is 5.24. The first-order valence-corrected chi connectivity index (χ1v) is 9.70. The summed E-state index contributed by atoms with van der Waals surface area (Å²) in [5.74, 6) is 0.242. The van der Waals surface area contributed by atoms with Crippen LogP contribution in [0.25, 0.3) is 0 Å². The van der Waals surface area contributed by atoms with Crippen LogP contribution in [0.3, 0.4) is 0 Å². The first-order valence-electron chi connectivity index (χ1n) is 8.82. The van der Waals surface area contributed by atoms with Crippen LogP contribution in [0.2, 0.25) is 0 Å². The first kappa shape index (κ1) is 20.1. The second-order valence-corrected chi connectivity index (χ2v) is 7.80. The van der Waals surface area contributed by atoms with Crippen molar-refractivity contribution in [3.8, 4) is 0 Å². The Morgan fingerprint density at radius 2 is 1.77 bits per heavy atom. The van der Waals surface area contributed by atoms with E-state index in [1.54, 1.807) is 25.4 Å². The van der Waals surface area contributed by atoms with Gasteiger partial charge in [0.05, 0.1) is 11.4 Å². The van der Waals surface area contributed by atoms with Gasteiger partial charge in [-0.05, 0) is 22.9 Å². The largest absolute Gasteiger partial charge is 0.347 e. The third-order valence-electron chi connectivity index (χ3n) is 4.29. The Hall–Kier alpha value is -2.18. The molecule has 0 aliphatic carbocycles. The van der Waals surface area contributed by atoms with Gasteiger partial charge in [0.25, 0.3) is 5.91 Å². The van der Waals surface area contributed by atoms with Crippen molar-refractivity contribution in [2.75, 3.05) is 27.2 Å². The van der Waals surface area contributed by atoms with Gasteiger partial charge in [0.2, 0.25) is 5.91 Å². The summed E-state index contributed by atoms with van der Waals surface area (Å²) in [4.78, 5) is 26.4. The Morgan fingerprint density at radius 1 is 1.12 bits per heavy atom. The van der Waals surface area contributed by atoms with E-state index in [9.17, 15) is 9.59 Å². The summed E-state index contributed by atoms with van der Waals surface area (Å²) in [6.07, 6.45) is 0. The first-order chi connectivity index (χ1) is 12.4. The lowest BCUT2D eigenvalue weighted by Gasteiger charge is -2.16. The van der Waals surface area contributed by atoms with Gasteiger partial charge in [-0.25, -0.2) is 0 Å². The van der Waals surface area contributed by atoms with E-state index in [1.807, 2.05) is 11.4 Å². The molecule has 1 aromatic heterocycles. The Balaban J connectivity index is 2.02. The van der Waals surface area contributed by atoms with Crippen molar-refractivity contribution in [3.05, 3.63) is 57.8 Å². The van der Waals surface area contributed by atoms with Crippen molar-refractivity contribution in [2.45, 2.75) is 25.8 Å². The minimum Gasteiger partial charge on any atom is -0.347 e. The normalized spacial score (nSPS) is 12.0. The molecule has 5 nitrogen and oxygen atoms in total. The highest BCUT2D eigenvalue weighted by atomic mass is 32.1. The molecule has 140 valence electrons. The number of nitrogens with two attached hydrogens (primary N) is 1. The fraction of sp³-hybridized carbons (Fsp3) is 0.400. The highest BCUT2D eigenvalue weighted by Crippen LogP contribution is 2.24. The summed E-state index contributed by atoms with van der Waals surface area (Å²) in [6, 6.07) is 12.8. The van der Waals surface area contributed by atoms with Crippen LogP contribution in [0.15, 0.2) is 41.8 Å². The third kappa shape index (κ3) is 5.68. The molecule has 6 heteroatoms. The minimum atomic E-state index is -0.138. The maximum Gasteiger partial charge on any atom is 0.275 e. The van der Waals surface area contributed by atoms with Gasteiger partial charge in [0.15, 0.2) is 6.54 Å². The van der Waals surface area contributed by atoms with Crippen molar-refractivity contribution in [1.29, 1.82) is 0 Å². The average Bonchev–Trinajstić information content (AvgIpc) is 3.14. The number of nitrogens with zero attached hydrogens (tertiary/aromatic N) is 1. The molecule has 1 heterocycles. The lowest BCUT2D eigenvalue weighted by molar-refractivity contribution is -0.676. The standard InChI is InChI=1S/C20H27N3O2S/c1-14(2)15-7-9-16(10-8-15)20(17-6-5-11-26-17)22-12-18(24)21-13-19(25)23(3)4/h5-11,14,20,22H,12-13H2,1-4H3,(H,21,24)/p+1/t20-/m0/s1. The van der Waals surface area contributed by atoms with Gasteiger partial charge in [-0.15, -0.1) is 11.3 Å². The molecule has 0 saturated heterocycles. The molecule has 2 rings (SSSR count). The number of hydrogen-bond acceptors (Lipinski definition) is 3. The summed E-state index contributed by atoms with van der Waals surface area (Å²) in [5.41, 5.74) is 2.48. The Kier molecular flexibility index (Phi) is 7.36. The molecule has 0 aliphatic heterocycles. The summed E-state index contributed by atoms with van der Waals surface area (Å²) < 4.78 is 0. The zero-order valence-electron chi connectivity index (χ0n) is 15.9. The predicted molar refractivity (Wildman–Crippen MR) is 105 cm³/mol. The number of carbonyl (C=O) groups is 2. The van der Waals surface area contributed by atoms with Gasteiger partial charge in [0.1, 0.15) is 6.04 Å². The number of likely N-dealkylation sites (N-methyl/N-ethyl adjacent to an activating group) is 1. The lowest BCUT2D eigenvalue weighted by Crippen LogP contribution is -2.87.